The Hall–Kier alpha value is -1.94. The summed E-state index contributed by atoms with van der Waals surface area (Å²) in [5.41, 5.74) is 1.57. The van der Waals surface area contributed by atoms with E-state index in [1.807, 2.05) is 35.2 Å². The third kappa shape index (κ3) is 2.39. The lowest BCUT2D eigenvalue weighted by molar-refractivity contribution is 0.0653. The molecule has 1 saturated heterocycles. The molecule has 1 aliphatic rings. The Kier molecular flexibility index (Phi) is 3.65. The Morgan fingerprint density at radius 3 is 2.80 bits per heavy atom. The van der Waals surface area contributed by atoms with Crippen LogP contribution in [0.4, 0.5) is 0 Å². The van der Waals surface area contributed by atoms with Gasteiger partial charge in [-0.05, 0) is 37.0 Å². The van der Waals surface area contributed by atoms with Crippen molar-refractivity contribution in [2.75, 3.05) is 19.7 Å². The van der Waals surface area contributed by atoms with Crippen LogP contribution in [-0.4, -0.2) is 40.6 Å². The van der Waals surface area contributed by atoms with Gasteiger partial charge >= 0.3 is 0 Å². The van der Waals surface area contributed by atoms with Crippen molar-refractivity contribution in [1.82, 2.24) is 9.88 Å². The molecule has 0 bridgehead atoms. The molecule has 0 aliphatic carbocycles. The van der Waals surface area contributed by atoms with Gasteiger partial charge in [0.05, 0.1) is 5.52 Å². The standard InChI is InChI=1S/C16H18N2O2/c19-11-12-6-9-18(10-7-12)16(20)14-3-1-5-15-13(14)4-2-8-17-15/h1-5,8,12,19H,6-7,9-11H2. The van der Waals surface area contributed by atoms with Gasteiger partial charge in [-0.15, -0.1) is 0 Å². The summed E-state index contributed by atoms with van der Waals surface area (Å²) in [5.74, 6) is 0.410. The number of rotatable bonds is 2. The van der Waals surface area contributed by atoms with Crippen molar-refractivity contribution in [3.8, 4) is 0 Å². The number of benzene rings is 1. The number of likely N-dealkylation sites (tertiary alicyclic amines) is 1. The number of carbonyl (C=O) groups excluding carboxylic acids is 1. The molecule has 1 aromatic carbocycles. The molecule has 104 valence electrons. The minimum absolute atomic E-state index is 0.0694. The van der Waals surface area contributed by atoms with Crippen molar-refractivity contribution in [3.05, 3.63) is 42.1 Å². The number of fused-ring (bicyclic) bond motifs is 1. The van der Waals surface area contributed by atoms with Gasteiger partial charge < -0.3 is 10.0 Å². The number of aliphatic hydroxyl groups excluding tert-OH is 1. The summed E-state index contributed by atoms with van der Waals surface area (Å²) in [6.07, 6.45) is 3.50. The van der Waals surface area contributed by atoms with Gasteiger partial charge in [-0.1, -0.05) is 12.1 Å². The van der Waals surface area contributed by atoms with Crippen LogP contribution in [0.3, 0.4) is 0 Å². The first-order valence-electron chi connectivity index (χ1n) is 7.03. The van der Waals surface area contributed by atoms with E-state index >= 15 is 0 Å². The number of hydrogen-bond acceptors (Lipinski definition) is 3. The van der Waals surface area contributed by atoms with Crippen molar-refractivity contribution in [1.29, 1.82) is 0 Å². The molecule has 0 atom stereocenters. The molecule has 2 aromatic rings. The van der Waals surface area contributed by atoms with Crippen molar-refractivity contribution in [3.63, 3.8) is 0 Å². The molecule has 1 aromatic heterocycles. The molecular weight excluding hydrogens is 252 g/mol. The third-order valence-corrected chi connectivity index (χ3v) is 4.04. The molecule has 4 heteroatoms. The van der Waals surface area contributed by atoms with Gasteiger partial charge in [0.1, 0.15) is 0 Å². The predicted molar refractivity (Wildman–Crippen MR) is 77.5 cm³/mol. The van der Waals surface area contributed by atoms with E-state index in [1.165, 1.54) is 0 Å². The number of nitrogens with zero attached hydrogens (tertiary/aromatic N) is 2. The number of aliphatic hydroxyl groups is 1. The predicted octanol–water partition coefficient (Wildman–Crippen LogP) is 2.08. The summed E-state index contributed by atoms with van der Waals surface area (Å²) in [5, 5.41) is 10.1. The molecule has 0 unspecified atom stereocenters. The zero-order valence-electron chi connectivity index (χ0n) is 11.3. The Labute approximate surface area is 118 Å². The summed E-state index contributed by atoms with van der Waals surface area (Å²) in [7, 11) is 0. The van der Waals surface area contributed by atoms with Gasteiger partial charge in [-0.2, -0.15) is 0 Å². The molecule has 3 rings (SSSR count). The third-order valence-electron chi connectivity index (χ3n) is 4.04. The Bertz CT molecular complexity index is 613. The van der Waals surface area contributed by atoms with Crippen LogP contribution >= 0.6 is 0 Å². The first kappa shape index (κ1) is 13.1. The van der Waals surface area contributed by atoms with E-state index in [0.717, 1.165) is 42.4 Å². The summed E-state index contributed by atoms with van der Waals surface area (Å²) in [6.45, 7) is 1.67. The molecule has 0 saturated carbocycles. The smallest absolute Gasteiger partial charge is 0.254 e. The molecule has 1 fully saturated rings. The van der Waals surface area contributed by atoms with Gasteiger partial charge in [0.25, 0.3) is 5.91 Å². The Morgan fingerprint density at radius 1 is 1.25 bits per heavy atom. The molecule has 1 amide bonds. The molecule has 1 N–H and O–H groups in total. The van der Waals surface area contributed by atoms with Crippen molar-refractivity contribution >= 4 is 16.8 Å². The minimum Gasteiger partial charge on any atom is -0.396 e. The van der Waals surface area contributed by atoms with E-state index in [2.05, 4.69) is 4.98 Å². The van der Waals surface area contributed by atoms with Crippen LogP contribution in [-0.2, 0) is 0 Å². The molecule has 2 heterocycles. The first-order chi connectivity index (χ1) is 9.79. The van der Waals surface area contributed by atoms with E-state index < -0.39 is 0 Å². The van der Waals surface area contributed by atoms with Crippen LogP contribution in [0.15, 0.2) is 36.5 Å². The lowest BCUT2D eigenvalue weighted by Crippen LogP contribution is -2.39. The summed E-state index contributed by atoms with van der Waals surface area (Å²) < 4.78 is 0. The number of carbonyl (C=O) groups is 1. The number of amides is 1. The highest BCUT2D eigenvalue weighted by Crippen LogP contribution is 2.22. The van der Waals surface area contributed by atoms with E-state index in [1.54, 1.807) is 6.20 Å². The minimum atomic E-state index is 0.0694. The summed E-state index contributed by atoms with van der Waals surface area (Å²) in [4.78, 5) is 18.8. The second-order valence-corrected chi connectivity index (χ2v) is 5.29. The maximum absolute atomic E-state index is 12.6. The fourth-order valence-electron chi connectivity index (χ4n) is 2.78. The van der Waals surface area contributed by atoms with Crippen molar-refractivity contribution in [2.45, 2.75) is 12.8 Å². The van der Waals surface area contributed by atoms with Crippen LogP contribution in [0.25, 0.3) is 10.9 Å². The number of pyridine rings is 1. The van der Waals surface area contributed by atoms with Gasteiger partial charge in [-0.3, -0.25) is 9.78 Å². The molecule has 4 nitrogen and oxygen atoms in total. The van der Waals surface area contributed by atoms with E-state index in [4.69, 9.17) is 5.11 Å². The quantitative estimate of drug-likeness (QED) is 0.909. The fourth-order valence-corrected chi connectivity index (χ4v) is 2.78. The average Bonchev–Trinajstić information content (AvgIpc) is 2.54. The second-order valence-electron chi connectivity index (χ2n) is 5.29. The topological polar surface area (TPSA) is 53.4 Å². The van der Waals surface area contributed by atoms with Crippen LogP contribution < -0.4 is 0 Å². The van der Waals surface area contributed by atoms with E-state index in [0.29, 0.717) is 5.92 Å². The lowest BCUT2D eigenvalue weighted by atomic mass is 9.97. The lowest BCUT2D eigenvalue weighted by Gasteiger charge is -2.31. The highest BCUT2D eigenvalue weighted by molar-refractivity contribution is 6.06. The highest BCUT2D eigenvalue weighted by atomic mass is 16.3. The van der Waals surface area contributed by atoms with Crippen molar-refractivity contribution in [2.24, 2.45) is 5.92 Å². The SMILES string of the molecule is O=C(c1cccc2ncccc12)N1CCC(CO)CC1. The van der Waals surface area contributed by atoms with Gasteiger partial charge in [-0.25, -0.2) is 0 Å². The Morgan fingerprint density at radius 2 is 2.05 bits per heavy atom. The van der Waals surface area contributed by atoms with Crippen LogP contribution in [0, 0.1) is 5.92 Å². The van der Waals surface area contributed by atoms with Crippen LogP contribution in [0.1, 0.15) is 23.2 Å². The first-order valence-corrected chi connectivity index (χ1v) is 7.03. The molecular formula is C16H18N2O2. The average molecular weight is 270 g/mol. The maximum Gasteiger partial charge on any atom is 0.254 e. The number of hydrogen-bond donors (Lipinski definition) is 1. The maximum atomic E-state index is 12.6. The monoisotopic (exact) mass is 270 g/mol. The van der Waals surface area contributed by atoms with Gasteiger partial charge in [0, 0.05) is 36.8 Å². The summed E-state index contributed by atoms with van der Waals surface area (Å²) in [6, 6.07) is 9.46. The molecule has 0 spiro atoms. The number of piperidine rings is 1. The Balaban J connectivity index is 1.86. The zero-order chi connectivity index (χ0) is 13.9. The largest absolute Gasteiger partial charge is 0.396 e. The highest BCUT2D eigenvalue weighted by Gasteiger charge is 2.24. The molecule has 20 heavy (non-hydrogen) atoms. The normalized spacial score (nSPS) is 16.6. The second kappa shape index (κ2) is 5.59. The van der Waals surface area contributed by atoms with E-state index in [-0.39, 0.29) is 12.5 Å². The van der Waals surface area contributed by atoms with Gasteiger partial charge in [0.15, 0.2) is 0 Å². The zero-order valence-corrected chi connectivity index (χ0v) is 11.3. The fraction of sp³-hybridized carbons (Fsp3) is 0.375. The van der Waals surface area contributed by atoms with Crippen molar-refractivity contribution < 1.29 is 9.90 Å². The van der Waals surface area contributed by atoms with Crippen LogP contribution in [0.5, 0.6) is 0 Å². The van der Waals surface area contributed by atoms with Crippen LogP contribution in [0.2, 0.25) is 0 Å². The van der Waals surface area contributed by atoms with E-state index in [9.17, 15) is 4.79 Å². The number of aromatic nitrogens is 1. The molecule has 0 radical (unpaired) electrons. The molecule has 1 aliphatic heterocycles. The summed E-state index contributed by atoms with van der Waals surface area (Å²) >= 11 is 0. The van der Waals surface area contributed by atoms with Gasteiger partial charge in [0.2, 0.25) is 0 Å².